The van der Waals surface area contributed by atoms with Crippen LogP contribution in [0.1, 0.15) is 284 Å². The number of rotatable bonds is 52. The third-order valence-corrected chi connectivity index (χ3v) is 12.5. The van der Waals surface area contributed by atoms with Crippen molar-refractivity contribution in [2.45, 2.75) is 290 Å². The normalized spacial score (nSPS) is 12.6. The zero-order valence-electron chi connectivity index (χ0n) is 44.9. The molecule has 0 bridgehead atoms. The molecule has 0 spiro atoms. The summed E-state index contributed by atoms with van der Waals surface area (Å²) < 4.78 is 16.9. The van der Waals surface area contributed by atoms with Gasteiger partial charge in [-0.25, -0.2) is 0 Å². The first kappa shape index (κ1) is 64.8. The van der Waals surface area contributed by atoms with Crippen molar-refractivity contribution in [3.8, 4) is 0 Å². The maximum absolute atomic E-state index is 12.9. The van der Waals surface area contributed by atoms with Crippen LogP contribution in [-0.2, 0) is 28.6 Å². The number of ether oxygens (including phenoxy) is 3. The van der Waals surface area contributed by atoms with Gasteiger partial charge in [-0.2, -0.15) is 0 Å². The highest BCUT2D eigenvalue weighted by atomic mass is 16.6. The molecule has 0 aromatic carbocycles. The predicted octanol–water partition coefficient (Wildman–Crippen LogP) is 19.4. The van der Waals surface area contributed by atoms with E-state index in [2.05, 4.69) is 93.7 Å². The van der Waals surface area contributed by atoms with Gasteiger partial charge in [-0.05, 0) is 83.5 Å². The SMILES string of the molecule is CC/C=C\C/C=C\C/C=C\CCCCCCCCCCCC(=O)OCC(COC(=O)CCCCCCCCCCCCCCCCC)OC(=O)CCCCCCCC/C=C\C/C=C\C/C=C\CC. The fourth-order valence-electron chi connectivity index (χ4n) is 8.18. The first-order valence-electron chi connectivity index (χ1n) is 28.9. The second-order valence-electron chi connectivity index (χ2n) is 19.1. The van der Waals surface area contributed by atoms with Crippen molar-refractivity contribution in [2.24, 2.45) is 0 Å². The van der Waals surface area contributed by atoms with Gasteiger partial charge in [0.25, 0.3) is 0 Å². The molecule has 0 N–H and O–H groups in total. The van der Waals surface area contributed by atoms with Crippen LogP contribution >= 0.6 is 0 Å². The number of allylic oxidation sites excluding steroid dienone is 12. The van der Waals surface area contributed by atoms with E-state index in [-0.39, 0.29) is 31.1 Å². The summed E-state index contributed by atoms with van der Waals surface area (Å²) in [4.78, 5) is 38.2. The Kier molecular flexibility index (Phi) is 53.8. The third-order valence-electron chi connectivity index (χ3n) is 12.5. The summed E-state index contributed by atoms with van der Waals surface area (Å²) in [7, 11) is 0. The Morgan fingerprint density at radius 1 is 0.309 bits per heavy atom. The third kappa shape index (κ3) is 53.8. The van der Waals surface area contributed by atoms with E-state index in [1.54, 1.807) is 0 Å². The Hall–Kier alpha value is -3.15. The number of hydrogen-bond acceptors (Lipinski definition) is 6. The van der Waals surface area contributed by atoms with Crippen LogP contribution in [0.25, 0.3) is 0 Å². The van der Waals surface area contributed by atoms with Crippen molar-refractivity contribution in [3.05, 3.63) is 72.9 Å². The maximum atomic E-state index is 12.9. The van der Waals surface area contributed by atoms with E-state index in [4.69, 9.17) is 14.2 Å². The lowest BCUT2D eigenvalue weighted by atomic mass is 10.0. The summed E-state index contributed by atoms with van der Waals surface area (Å²) in [5, 5.41) is 0. The Labute approximate surface area is 421 Å². The molecule has 392 valence electrons. The second kappa shape index (κ2) is 56.4. The average molecular weight is 950 g/mol. The van der Waals surface area contributed by atoms with Crippen LogP contribution in [0.2, 0.25) is 0 Å². The number of unbranched alkanes of at least 4 members (excludes halogenated alkanes) is 29. The summed E-state index contributed by atoms with van der Waals surface area (Å²) in [6.45, 7) is 6.43. The molecule has 0 saturated carbocycles. The molecule has 0 radical (unpaired) electrons. The zero-order valence-corrected chi connectivity index (χ0v) is 44.9. The molecule has 0 aliphatic rings. The lowest BCUT2D eigenvalue weighted by Crippen LogP contribution is -2.30. The monoisotopic (exact) mass is 949 g/mol. The van der Waals surface area contributed by atoms with Crippen LogP contribution in [-0.4, -0.2) is 37.2 Å². The van der Waals surface area contributed by atoms with Crippen molar-refractivity contribution >= 4 is 17.9 Å². The van der Waals surface area contributed by atoms with Crippen molar-refractivity contribution in [1.29, 1.82) is 0 Å². The fourth-order valence-corrected chi connectivity index (χ4v) is 8.18. The molecular formula is C62H108O6. The summed E-state index contributed by atoms with van der Waals surface area (Å²) in [6.07, 6.45) is 71.7. The van der Waals surface area contributed by atoms with Crippen LogP contribution in [0.4, 0.5) is 0 Å². The Morgan fingerprint density at radius 3 is 0.897 bits per heavy atom. The van der Waals surface area contributed by atoms with Gasteiger partial charge in [0.15, 0.2) is 6.10 Å². The van der Waals surface area contributed by atoms with Gasteiger partial charge in [-0.1, -0.05) is 254 Å². The summed E-state index contributed by atoms with van der Waals surface area (Å²) >= 11 is 0. The molecule has 1 unspecified atom stereocenters. The quantitative estimate of drug-likeness (QED) is 0.0262. The minimum absolute atomic E-state index is 0.0800. The molecular weight excluding hydrogens is 841 g/mol. The summed E-state index contributed by atoms with van der Waals surface area (Å²) in [6, 6.07) is 0. The van der Waals surface area contributed by atoms with Gasteiger partial charge in [-0.3, -0.25) is 14.4 Å². The lowest BCUT2D eigenvalue weighted by Gasteiger charge is -2.18. The first-order valence-corrected chi connectivity index (χ1v) is 28.9. The highest BCUT2D eigenvalue weighted by Crippen LogP contribution is 2.16. The van der Waals surface area contributed by atoms with Crippen LogP contribution in [0.5, 0.6) is 0 Å². The van der Waals surface area contributed by atoms with Gasteiger partial charge in [0.05, 0.1) is 0 Å². The van der Waals surface area contributed by atoms with Crippen molar-refractivity contribution in [2.75, 3.05) is 13.2 Å². The minimum atomic E-state index is -0.783. The highest BCUT2D eigenvalue weighted by molar-refractivity contribution is 5.71. The molecule has 0 aliphatic heterocycles. The Balaban J connectivity index is 4.38. The van der Waals surface area contributed by atoms with Crippen molar-refractivity contribution in [1.82, 2.24) is 0 Å². The molecule has 0 rings (SSSR count). The first-order chi connectivity index (χ1) is 33.5. The number of carbonyl (C=O) groups is 3. The van der Waals surface area contributed by atoms with Gasteiger partial charge < -0.3 is 14.2 Å². The molecule has 0 saturated heterocycles. The van der Waals surface area contributed by atoms with E-state index in [9.17, 15) is 14.4 Å². The van der Waals surface area contributed by atoms with Gasteiger partial charge in [0, 0.05) is 19.3 Å². The molecule has 0 fully saturated rings. The highest BCUT2D eigenvalue weighted by Gasteiger charge is 2.19. The Bertz CT molecular complexity index is 1270. The number of esters is 3. The lowest BCUT2D eigenvalue weighted by molar-refractivity contribution is -0.167. The molecule has 68 heavy (non-hydrogen) atoms. The number of carbonyl (C=O) groups excluding carboxylic acids is 3. The van der Waals surface area contributed by atoms with E-state index in [0.717, 1.165) is 109 Å². The average Bonchev–Trinajstić information content (AvgIpc) is 3.34. The molecule has 6 heteroatoms. The largest absolute Gasteiger partial charge is 0.462 e. The molecule has 0 aromatic heterocycles. The number of hydrogen-bond donors (Lipinski definition) is 0. The molecule has 0 heterocycles. The van der Waals surface area contributed by atoms with E-state index >= 15 is 0 Å². The van der Waals surface area contributed by atoms with Crippen LogP contribution in [0, 0.1) is 0 Å². The van der Waals surface area contributed by atoms with E-state index in [0.29, 0.717) is 19.3 Å². The Morgan fingerprint density at radius 2 is 0.574 bits per heavy atom. The van der Waals surface area contributed by atoms with E-state index in [1.165, 1.54) is 135 Å². The molecule has 1 atom stereocenters. The van der Waals surface area contributed by atoms with E-state index in [1.807, 2.05) is 0 Å². The summed E-state index contributed by atoms with van der Waals surface area (Å²) in [5.41, 5.74) is 0. The van der Waals surface area contributed by atoms with Crippen LogP contribution < -0.4 is 0 Å². The van der Waals surface area contributed by atoms with Crippen molar-refractivity contribution < 1.29 is 28.6 Å². The fraction of sp³-hybridized carbons (Fsp3) is 0.758. The smallest absolute Gasteiger partial charge is 0.306 e. The predicted molar refractivity (Wildman–Crippen MR) is 293 cm³/mol. The van der Waals surface area contributed by atoms with Crippen molar-refractivity contribution in [3.63, 3.8) is 0 Å². The minimum Gasteiger partial charge on any atom is -0.462 e. The van der Waals surface area contributed by atoms with Gasteiger partial charge in [0.2, 0.25) is 0 Å². The standard InChI is InChI=1S/C62H108O6/c1-4-7-10-13-16-19-22-25-28-30-31-32-35-37-40-43-46-49-52-55-61(64)67-58-59(57-66-60(63)54-51-48-45-42-39-36-33-27-24-21-18-15-12-9-6-3)68-62(65)56-53-50-47-44-41-38-34-29-26-23-20-17-14-11-8-5-2/h7-8,10-11,16-17,19-20,25-26,28-29,59H,4-6,9,12-15,18,21-24,27,30-58H2,1-3H3/b10-7-,11-8-,19-16-,20-17-,28-25-,29-26-. The van der Waals surface area contributed by atoms with Crippen LogP contribution in [0.15, 0.2) is 72.9 Å². The second-order valence-corrected chi connectivity index (χ2v) is 19.1. The van der Waals surface area contributed by atoms with E-state index < -0.39 is 6.10 Å². The topological polar surface area (TPSA) is 78.9 Å². The molecule has 0 amide bonds. The zero-order chi connectivity index (χ0) is 49.3. The maximum Gasteiger partial charge on any atom is 0.306 e. The molecule has 0 aliphatic carbocycles. The molecule has 0 aromatic rings. The van der Waals surface area contributed by atoms with Gasteiger partial charge >= 0.3 is 17.9 Å². The summed E-state index contributed by atoms with van der Waals surface area (Å²) in [5.74, 6) is -0.888. The van der Waals surface area contributed by atoms with Crippen LogP contribution in [0.3, 0.4) is 0 Å². The van der Waals surface area contributed by atoms with Gasteiger partial charge in [-0.15, -0.1) is 0 Å². The molecule has 6 nitrogen and oxygen atoms in total. The van der Waals surface area contributed by atoms with Gasteiger partial charge in [0.1, 0.15) is 13.2 Å².